The first-order chi connectivity index (χ1) is 5.50. The molecule has 84 valence electrons. The van der Waals surface area contributed by atoms with Crippen molar-refractivity contribution >= 4 is 40.8 Å². The standard InChI is InChI=1S/C4H8O2.CHCl3.CH4O.H2O/c1-3-6-4(2)5;2-1(3)4;1-2;/h3H2,1-2H3;1H;2H,1H3;1H2. The number of rotatable bonds is 1. The van der Waals surface area contributed by atoms with E-state index in [0.717, 1.165) is 7.11 Å². The summed E-state index contributed by atoms with van der Waals surface area (Å²) >= 11 is 14.4. The Kier molecular flexibility index (Phi) is 40.7. The summed E-state index contributed by atoms with van der Waals surface area (Å²) in [6.07, 6.45) is 0. The number of alkyl halides is 3. The van der Waals surface area contributed by atoms with Crippen LogP contribution in [0.5, 0.6) is 0 Å². The molecule has 0 aromatic heterocycles. The number of aliphatic hydroxyl groups is 1. The van der Waals surface area contributed by atoms with E-state index in [2.05, 4.69) is 4.74 Å². The Morgan fingerprint density at radius 1 is 1.38 bits per heavy atom. The molecule has 7 heteroatoms. The first-order valence-electron chi connectivity index (χ1n) is 3.01. The maximum atomic E-state index is 9.82. The fourth-order valence-electron chi connectivity index (χ4n) is 0.203. The first kappa shape index (κ1) is 23.2. The van der Waals surface area contributed by atoms with Crippen molar-refractivity contribution in [2.24, 2.45) is 0 Å². The summed E-state index contributed by atoms with van der Waals surface area (Å²) in [5.41, 5.74) is 0. The molecule has 3 N–H and O–H groups in total. The molecule has 0 radical (unpaired) electrons. The molecular weight excluding hydrogens is 242 g/mol. The maximum Gasteiger partial charge on any atom is 0.302 e. The van der Waals surface area contributed by atoms with Crippen LogP contribution >= 0.6 is 34.8 Å². The van der Waals surface area contributed by atoms with Crippen LogP contribution in [-0.2, 0) is 9.53 Å². The second kappa shape index (κ2) is 22.8. The van der Waals surface area contributed by atoms with Crippen molar-refractivity contribution in [3.8, 4) is 0 Å². The average molecular weight is 258 g/mol. The molecule has 0 fully saturated rings. The van der Waals surface area contributed by atoms with E-state index >= 15 is 0 Å². The van der Waals surface area contributed by atoms with Crippen LogP contribution in [0.15, 0.2) is 0 Å². The summed E-state index contributed by atoms with van der Waals surface area (Å²) in [6, 6.07) is 0. The topological polar surface area (TPSA) is 78.0 Å². The predicted octanol–water partition coefficient (Wildman–Crippen LogP) is 1.34. The molecule has 0 aliphatic carbocycles. The van der Waals surface area contributed by atoms with Gasteiger partial charge in [-0.1, -0.05) is 34.8 Å². The van der Waals surface area contributed by atoms with Crippen LogP contribution < -0.4 is 0 Å². The molecule has 0 rings (SSSR count). The van der Waals surface area contributed by atoms with Gasteiger partial charge >= 0.3 is 5.97 Å². The van der Waals surface area contributed by atoms with Crippen LogP contribution in [0.4, 0.5) is 0 Å². The fourth-order valence-corrected chi connectivity index (χ4v) is 0.203. The molecule has 0 unspecified atom stereocenters. The normalized spacial score (nSPS) is 6.77. The smallest absolute Gasteiger partial charge is 0.302 e. The molecule has 0 aromatic rings. The van der Waals surface area contributed by atoms with Gasteiger partial charge in [0, 0.05) is 14.0 Å². The van der Waals surface area contributed by atoms with Crippen LogP contribution in [0.2, 0.25) is 0 Å². The van der Waals surface area contributed by atoms with Gasteiger partial charge in [0.25, 0.3) is 0 Å². The van der Waals surface area contributed by atoms with Gasteiger partial charge in [0.2, 0.25) is 0 Å². The van der Waals surface area contributed by atoms with Gasteiger partial charge in [-0.3, -0.25) is 4.79 Å². The van der Waals surface area contributed by atoms with Crippen LogP contribution in [0.3, 0.4) is 0 Å². The second-order valence-corrected chi connectivity index (χ2v) is 3.15. The van der Waals surface area contributed by atoms with E-state index < -0.39 is 4.30 Å². The number of carbonyl (C=O) groups excluding carboxylic acids is 1. The number of esters is 1. The molecule has 0 atom stereocenters. The van der Waals surface area contributed by atoms with E-state index in [0.29, 0.717) is 6.61 Å². The molecule has 0 amide bonds. The number of hydrogen-bond donors (Lipinski definition) is 1. The van der Waals surface area contributed by atoms with Crippen molar-refractivity contribution in [1.29, 1.82) is 0 Å². The van der Waals surface area contributed by atoms with Gasteiger partial charge in [-0.25, -0.2) is 0 Å². The molecule has 0 spiro atoms. The molecule has 0 saturated heterocycles. The highest BCUT2D eigenvalue weighted by atomic mass is 35.6. The lowest BCUT2D eigenvalue weighted by atomic mass is 10.8. The molecule has 0 aliphatic heterocycles. The highest BCUT2D eigenvalue weighted by molar-refractivity contribution is 6.63. The largest absolute Gasteiger partial charge is 0.466 e. The van der Waals surface area contributed by atoms with E-state index in [1.807, 2.05) is 0 Å². The zero-order chi connectivity index (χ0) is 10.6. The Labute approximate surface area is 93.0 Å². The molecule has 13 heavy (non-hydrogen) atoms. The van der Waals surface area contributed by atoms with Gasteiger partial charge in [0.15, 0.2) is 4.30 Å². The SMILES string of the molecule is CCOC(C)=O.CO.ClC(Cl)Cl.O. The van der Waals surface area contributed by atoms with Crippen molar-refractivity contribution in [1.82, 2.24) is 0 Å². The van der Waals surface area contributed by atoms with Crippen molar-refractivity contribution in [3.05, 3.63) is 0 Å². The van der Waals surface area contributed by atoms with Gasteiger partial charge in [0.1, 0.15) is 0 Å². The summed E-state index contributed by atoms with van der Waals surface area (Å²) in [4.78, 5) is 9.82. The Bertz CT molecular complexity index is 87.2. The Morgan fingerprint density at radius 2 is 1.62 bits per heavy atom. The summed E-state index contributed by atoms with van der Waals surface area (Å²) in [5.74, 6) is -0.211. The molecule has 0 heterocycles. The van der Waals surface area contributed by atoms with Crippen molar-refractivity contribution in [3.63, 3.8) is 0 Å². The highest BCUT2D eigenvalue weighted by Gasteiger charge is 1.81. The lowest BCUT2D eigenvalue weighted by Gasteiger charge is -1.89. The Morgan fingerprint density at radius 3 is 1.62 bits per heavy atom. The fraction of sp³-hybridized carbons (Fsp3) is 0.833. The van der Waals surface area contributed by atoms with Gasteiger partial charge in [0.05, 0.1) is 6.61 Å². The summed E-state index contributed by atoms with van der Waals surface area (Å²) in [5, 5.41) is 7.00. The number of carbonyl (C=O) groups is 1. The monoisotopic (exact) mass is 256 g/mol. The van der Waals surface area contributed by atoms with E-state index in [4.69, 9.17) is 39.9 Å². The zero-order valence-corrected chi connectivity index (χ0v) is 9.95. The number of halogens is 3. The molecular formula is C6H15Cl3O4. The van der Waals surface area contributed by atoms with E-state index in [1.54, 1.807) is 6.92 Å². The van der Waals surface area contributed by atoms with Crippen molar-refractivity contribution in [2.75, 3.05) is 13.7 Å². The quantitative estimate of drug-likeness (QED) is 0.569. The lowest BCUT2D eigenvalue weighted by Crippen LogP contribution is -1.95. The number of ether oxygens (including phenoxy) is 1. The molecule has 0 bridgehead atoms. The van der Waals surface area contributed by atoms with Crippen molar-refractivity contribution < 1.29 is 20.1 Å². The lowest BCUT2D eigenvalue weighted by molar-refractivity contribution is -0.140. The molecule has 4 nitrogen and oxygen atoms in total. The van der Waals surface area contributed by atoms with E-state index in [-0.39, 0.29) is 11.4 Å². The minimum absolute atomic E-state index is 0. The second-order valence-electron chi connectivity index (χ2n) is 1.17. The zero-order valence-electron chi connectivity index (χ0n) is 7.68. The third kappa shape index (κ3) is 121. The van der Waals surface area contributed by atoms with Crippen LogP contribution in [0.25, 0.3) is 0 Å². The summed E-state index contributed by atoms with van der Waals surface area (Å²) < 4.78 is 3.65. The van der Waals surface area contributed by atoms with Crippen molar-refractivity contribution in [2.45, 2.75) is 18.1 Å². The third-order valence-corrected chi connectivity index (χ3v) is 0.348. The molecule has 0 aromatic carbocycles. The molecule has 0 saturated carbocycles. The van der Waals surface area contributed by atoms with Crippen LogP contribution in [0.1, 0.15) is 13.8 Å². The summed E-state index contributed by atoms with van der Waals surface area (Å²) in [7, 11) is 1.00. The Hall–Kier alpha value is 0.260. The van der Waals surface area contributed by atoms with E-state index in [9.17, 15) is 4.79 Å². The Balaban J connectivity index is -0.0000000512. The minimum Gasteiger partial charge on any atom is -0.466 e. The highest BCUT2D eigenvalue weighted by Crippen LogP contribution is 2.03. The van der Waals surface area contributed by atoms with Crippen LogP contribution in [0, 0.1) is 0 Å². The van der Waals surface area contributed by atoms with Gasteiger partial charge in [-0.15, -0.1) is 0 Å². The van der Waals surface area contributed by atoms with E-state index in [1.165, 1.54) is 6.92 Å². The predicted molar refractivity (Wildman–Crippen MR) is 55.4 cm³/mol. The first-order valence-corrected chi connectivity index (χ1v) is 4.32. The van der Waals surface area contributed by atoms with Gasteiger partial charge in [-0.05, 0) is 6.92 Å². The summed E-state index contributed by atoms with van der Waals surface area (Å²) in [6.45, 7) is 3.65. The average Bonchev–Trinajstić information content (AvgIpc) is 1.90. The number of aliphatic hydroxyl groups excluding tert-OH is 1. The van der Waals surface area contributed by atoms with Gasteiger partial charge < -0.3 is 15.3 Å². The minimum atomic E-state index is -0.750. The van der Waals surface area contributed by atoms with Crippen LogP contribution in [-0.4, -0.2) is 34.6 Å². The third-order valence-electron chi connectivity index (χ3n) is 0.348. The molecule has 0 aliphatic rings. The maximum absolute atomic E-state index is 9.82. The number of hydrogen-bond acceptors (Lipinski definition) is 3. The van der Waals surface area contributed by atoms with Gasteiger partial charge in [-0.2, -0.15) is 0 Å².